The van der Waals surface area contributed by atoms with Crippen LogP contribution < -0.4 is 10.1 Å². The molecule has 0 bridgehead atoms. The van der Waals surface area contributed by atoms with Crippen molar-refractivity contribution in [3.05, 3.63) is 56.6 Å². The summed E-state index contributed by atoms with van der Waals surface area (Å²) >= 11 is 8.43. The van der Waals surface area contributed by atoms with E-state index in [1.165, 1.54) is 5.56 Å². The van der Waals surface area contributed by atoms with Gasteiger partial charge in [0.05, 0.1) is 17.3 Å². The van der Waals surface area contributed by atoms with Gasteiger partial charge in [-0.25, -0.2) is 0 Å². The lowest BCUT2D eigenvalue weighted by atomic mass is 10.2. The van der Waals surface area contributed by atoms with Gasteiger partial charge in [0.25, 0.3) is 0 Å². The van der Waals surface area contributed by atoms with Crippen molar-refractivity contribution in [2.45, 2.75) is 13.5 Å². The van der Waals surface area contributed by atoms with Crippen molar-refractivity contribution >= 4 is 39.9 Å². The first-order valence-corrected chi connectivity index (χ1v) is 7.55. The number of rotatable bonds is 5. The highest BCUT2D eigenvalue weighted by atomic mass is 127. The molecule has 0 saturated carbocycles. The van der Waals surface area contributed by atoms with Crippen LogP contribution in [0.4, 0.5) is 5.69 Å². The van der Waals surface area contributed by atoms with Gasteiger partial charge in [0.1, 0.15) is 5.75 Å². The van der Waals surface area contributed by atoms with E-state index in [4.69, 9.17) is 16.3 Å². The lowest BCUT2D eigenvalue weighted by Gasteiger charge is -2.10. The number of hydrogen-bond acceptors (Lipinski definition) is 2. The van der Waals surface area contributed by atoms with Gasteiger partial charge >= 0.3 is 0 Å². The van der Waals surface area contributed by atoms with Crippen LogP contribution in [0.25, 0.3) is 0 Å². The smallest absolute Gasteiger partial charge is 0.119 e. The summed E-state index contributed by atoms with van der Waals surface area (Å²) in [5, 5.41) is 4.08. The molecular weight excluding hydrogens is 373 g/mol. The zero-order valence-corrected chi connectivity index (χ0v) is 13.5. The van der Waals surface area contributed by atoms with Crippen molar-refractivity contribution in [2.75, 3.05) is 11.9 Å². The highest BCUT2D eigenvalue weighted by Crippen LogP contribution is 2.24. The summed E-state index contributed by atoms with van der Waals surface area (Å²) in [7, 11) is 0. The molecule has 2 aromatic carbocycles. The summed E-state index contributed by atoms with van der Waals surface area (Å²) in [6.45, 7) is 3.39. The Balaban J connectivity index is 2.03. The predicted molar refractivity (Wildman–Crippen MR) is 89.1 cm³/mol. The molecule has 0 unspecified atom stereocenters. The molecule has 0 atom stereocenters. The Morgan fingerprint density at radius 2 is 2.05 bits per heavy atom. The monoisotopic (exact) mass is 387 g/mol. The minimum atomic E-state index is 0.680. The molecule has 0 aromatic heterocycles. The van der Waals surface area contributed by atoms with Crippen LogP contribution in [0, 0.1) is 3.57 Å². The third-order valence-electron chi connectivity index (χ3n) is 2.62. The standard InChI is InChI=1S/C15H15ClINO/c1-2-19-13-5-3-4-11(8-13)10-18-15-7-6-12(17)9-14(15)16/h3-9,18H,2,10H2,1H3. The van der Waals surface area contributed by atoms with Gasteiger partial charge in [-0.3, -0.25) is 0 Å². The van der Waals surface area contributed by atoms with E-state index in [9.17, 15) is 0 Å². The molecule has 0 saturated heterocycles. The molecule has 0 aliphatic heterocycles. The van der Waals surface area contributed by atoms with Crippen LogP contribution in [0.2, 0.25) is 5.02 Å². The van der Waals surface area contributed by atoms with E-state index in [2.05, 4.69) is 34.0 Å². The second-order valence-corrected chi connectivity index (χ2v) is 5.71. The minimum absolute atomic E-state index is 0.680. The first kappa shape index (κ1) is 14.5. The van der Waals surface area contributed by atoms with Gasteiger partial charge in [-0.2, -0.15) is 0 Å². The molecule has 0 radical (unpaired) electrons. The van der Waals surface area contributed by atoms with Gasteiger partial charge in [-0.05, 0) is 65.4 Å². The summed E-state index contributed by atoms with van der Waals surface area (Å²) < 4.78 is 6.61. The van der Waals surface area contributed by atoms with Crippen LogP contribution in [0.15, 0.2) is 42.5 Å². The van der Waals surface area contributed by atoms with Crippen LogP contribution >= 0.6 is 34.2 Å². The molecule has 2 aromatic rings. The third kappa shape index (κ3) is 4.28. The number of hydrogen-bond donors (Lipinski definition) is 1. The zero-order valence-electron chi connectivity index (χ0n) is 10.6. The lowest BCUT2D eigenvalue weighted by molar-refractivity contribution is 0.340. The van der Waals surface area contributed by atoms with Crippen LogP contribution in [0.1, 0.15) is 12.5 Å². The molecule has 0 amide bonds. The Bertz CT molecular complexity index is 560. The SMILES string of the molecule is CCOc1cccc(CNc2ccc(I)cc2Cl)c1. The fourth-order valence-electron chi connectivity index (χ4n) is 1.74. The molecule has 0 heterocycles. The quantitative estimate of drug-likeness (QED) is 0.733. The van der Waals surface area contributed by atoms with Gasteiger partial charge in [0.2, 0.25) is 0 Å². The Morgan fingerprint density at radius 1 is 1.21 bits per heavy atom. The van der Waals surface area contributed by atoms with E-state index in [0.29, 0.717) is 6.61 Å². The fraction of sp³-hybridized carbons (Fsp3) is 0.200. The second kappa shape index (κ2) is 7.01. The van der Waals surface area contributed by atoms with Crippen LogP contribution in [0.3, 0.4) is 0 Å². The minimum Gasteiger partial charge on any atom is -0.494 e. The maximum atomic E-state index is 6.18. The lowest BCUT2D eigenvalue weighted by Crippen LogP contribution is -2.01. The van der Waals surface area contributed by atoms with Crippen molar-refractivity contribution in [3.63, 3.8) is 0 Å². The molecule has 2 nitrogen and oxygen atoms in total. The molecule has 4 heteroatoms. The fourth-order valence-corrected chi connectivity index (χ4v) is 2.66. The van der Waals surface area contributed by atoms with E-state index in [-0.39, 0.29) is 0 Å². The maximum Gasteiger partial charge on any atom is 0.119 e. The number of benzene rings is 2. The van der Waals surface area contributed by atoms with Gasteiger partial charge < -0.3 is 10.1 Å². The van der Waals surface area contributed by atoms with Crippen molar-refractivity contribution in [3.8, 4) is 5.75 Å². The summed E-state index contributed by atoms with van der Waals surface area (Å²) in [6.07, 6.45) is 0. The Kier molecular flexibility index (Phi) is 5.34. The second-order valence-electron chi connectivity index (χ2n) is 4.06. The molecule has 19 heavy (non-hydrogen) atoms. The summed E-state index contributed by atoms with van der Waals surface area (Å²) in [5.41, 5.74) is 2.12. The highest BCUT2D eigenvalue weighted by molar-refractivity contribution is 14.1. The molecule has 0 fully saturated rings. The maximum absolute atomic E-state index is 6.18. The van der Waals surface area contributed by atoms with Gasteiger partial charge in [0.15, 0.2) is 0 Å². The van der Waals surface area contributed by atoms with Crippen LogP contribution in [-0.4, -0.2) is 6.61 Å². The van der Waals surface area contributed by atoms with Gasteiger partial charge in [-0.15, -0.1) is 0 Å². The molecule has 0 aliphatic rings. The predicted octanol–water partition coefficient (Wildman–Crippen LogP) is 4.96. The van der Waals surface area contributed by atoms with Crippen molar-refractivity contribution < 1.29 is 4.74 Å². The molecule has 0 aliphatic carbocycles. The Hall–Kier alpha value is -0.940. The summed E-state index contributed by atoms with van der Waals surface area (Å²) in [5.74, 6) is 0.899. The van der Waals surface area contributed by atoms with Crippen molar-refractivity contribution in [2.24, 2.45) is 0 Å². The summed E-state index contributed by atoms with van der Waals surface area (Å²) in [4.78, 5) is 0. The molecule has 2 rings (SSSR count). The van der Waals surface area contributed by atoms with E-state index < -0.39 is 0 Å². The van der Waals surface area contributed by atoms with E-state index >= 15 is 0 Å². The molecule has 1 N–H and O–H groups in total. The van der Waals surface area contributed by atoms with E-state index in [1.54, 1.807) is 0 Å². The topological polar surface area (TPSA) is 21.3 Å². The third-order valence-corrected chi connectivity index (χ3v) is 3.61. The number of halogens is 2. The molecule has 100 valence electrons. The van der Waals surface area contributed by atoms with Crippen LogP contribution in [-0.2, 0) is 6.54 Å². The van der Waals surface area contributed by atoms with Crippen molar-refractivity contribution in [1.29, 1.82) is 0 Å². The zero-order chi connectivity index (χ0) is 13.7. The largest absolute Gasteiger partial charge is 0.494 e. The van der Waals surface area contributed by atoms with Crippen LogP contribution in [0.5, 0.6) is 5.75 Å². The average Bonchev–Trinajstić information content (AvgIpc) is 2.38. The van der Waals surface area contributed by atoms with E-state index in [1.807, 2.05) is 43.3 Å². The Morgan fingerprint density at radius 3 is 2.79 bits per heavy atom. The first-order valence-electron chi connectivity index (χ1n) is 6.09. The normalized spacial score (nSPS) is 10.3. The number of anilines is 1. The summed E-state index contributed by atoms with van der Waals surface area (Å²) in [6, 6.07) is 14.0. The average molecular weight is 388 g/mol. The highest BCUT2D eigenvalue weighted by Gasteiger charge is 2.01. The van der Waals surface area contributed by atoms with Crippen molar-refractivity contribution in [1.82, 2.24) is 0 Å². The van der Waals surface area contributed by atoms with E-state index in [0.717, 1.165) is 26.6 Å². The number of nitrogens with one attached hydrogen (secondary N) is 1. The number of ether oxygens (including phenoxy) is 1. The van der Waals surface area contributed by atoms with Gasteiger partial charge in [-0.1, -0.05) is 23.7 Å². The molecule has 0 spiro atoms. The Labute approximate surface area is 132 Å². The molecular formula is C15H15ClINO. The first-order chi connectivity index (χ1) is 9.19. The van der Waals surface area contributed by atoms with Gasteiger partial charge in [0, 0.05) is 10.1 Å².